The zero-order chi connectivity index (χ0) is 9.68. The zero-order valence-electron chi connectivity index (χ0n) is 7.58. The van der Waals surface area contributed by atoms with Crippen LogP contribution in [0, 0.1) is 6.92 Å². The molecule has 3 heteroatoms. The number of carbonyl (C=O) groups excluding carboxylic acids is 1. The van der Waals surface area contributed by atoms with E-state index in [4.69, 9.17) is 0 Å². The minimum atomic E-state index is -0.270. The van der Waals surface area contributed by atoms with Crippen LogP contribution in [-0.2, 0) is 6.42 Å². The number of carbonyl (C=O) groups is 1. The molecule has 1 aromatic rings. The molecule has 0 saturated heterocycles. The predicted octanol–water partition coefficient (Wildman–Crippen LogP) is 2.18. The molecule has 70 valence electrons. The Morgan fingerprint density at radius 3 is 2.77 bits per heavy atom. The smallest absolute Gasteiger partial charge is 0.275 e. The molecule has 1 N–H and O–H groups in total. The average Bonchev–Trinajstić information content (AvgIpc) is 2.08. The van der Waals surface area contributed by atoms with Crippen LogP contribution in [0.1, 0.15) is 11.1 Å². The van der Waals surface area contributed by atoms with Crippen LogP contribution in [0.25, 0.3) is 0 Å². The molecule has 0 bridgehead atoms. The van der Waals surface area contributed by atoms with E-state index in [1.807, 2.05) is 12.1 Å². The van der Waals surface area contributed by atoms with E-state index in [-0.39, 0.29) is 5.24 Å². The van der Waals surface area contributed by atoms with Crippen LogP contribution in [-0.4, -0.2) is 11.8 Å². The molecule has 1 aromatic carbocycles. The normalized spacial score (nSPS) is 9.69. The first kappa shape index (κ1) is 10.1. The maximum atomic E-state index is 10.5. The maximum Gasteiger partial charge on any atom is 0.275 e. The first-order valence-electron chi connectivity index (χ1n) is 4.21. The van der Waals surface area contributed by atoms with Crippen molar-refractivity contribution in [1.82, 2.24) is 5.32 Å². The van der Waals surface area contributed by atoms with Crippen molar-refractivity contribution in [3.63, 3.8) is 0 Å². The van der Waals surface area contributed by atoms with Crippen LogP contribution >= 0.6 is 12.6 Å². The van der Waals surface area contributed by atoms with Gasteiger partial charge in [-0.3, -0.25) is 4.79 Å². The number of amides is 1. The van der Waals surface area contributed by atoms with Gasteiger partial charge in [0.15, 0.2) is 0 Å². The van der Waals surface area contributed by atoms with Crippen molar-refractivity contribution < 1.29 is 4.79 Å². The molecule has 0 aliphatic rings. The van der Waals surface area contributed by atoms with Crippen LogP contribution in [0.4, 0.5) is 4.79 Å². The zero-order valence-corrected chi connectivity index (χ0v) is 8.47. The molecule has 0 heterocycles. The van der Waals surface area contributed by atoms with E-state index < -0.39 is 0 Å². The molecule has 1 rings (SSSR count). The monoisotopic (exact) mass is 195 g/mol. The second kappa shape index (κ2) is 4.92. The van der Waals surface area contributed by atoms with Crippen molar-refractivity contribution in [2.75, 3.05) is 6.54 Å². The molecule has 2 nitrogen and oxygen atoms in total. The highest BCUT2D eigenvalue weighted by Gasteiger charge is 1.97. The summed E-state index contributed by atoms with van der Waals surface area (Å²) in [5, 5.41) is 2.38. The standard InChI is InChI=1S/C10H13NOS/c1-8-4-2-3-5-9(8)6-7-11-10(12)13/h2-5H,6-7H2,1H3,(H2,11,12,13). The van der Waals surface area contributed by atoms with Crippen molar-refractivity contribution in [2.24, 2.45) is 0 Å². The summed E-state index contributed by atoms with van der Waals surface area (Å²) in [5.41, 5.74) is 2.53. The fourth-order valence-corrected chi connectivity index (χ4v) is 1.31. The quantitative estimate of drug-likeness (QED) is 0.711. The van der Waals surface area contributed by atoms with Crippen LogP contribution in [0.5, 0.6) is 0 Å². The number of aryl methyl sites for hydroxylation is 1. The van der Waals surface area contributed by atoms with Crippen LogP contribution in [0.3, 0.4) is 0 Å². The van der Waals surface area contributed by atoms with Crippen molar-refractivity contribution in [1.29, 1.82) is 0 Å². The van der Waals surface area contributed by atoms with E-state index >= 15 is 0 Å². The Bertz CT molecular complexity index is 299. The van der Waals surface area contributed by atoms with E-state index in [0.29, 0.717) is 6.54 Å². The molecule has 0 saturated carbocycles. The lowest BCUT2D eigenvalue weighted by Crippen LogP contribution is -2.19. The molecule has 0 unspecified atom stereocenters. The first-order chi connectivity index (χ1) is 6.20. The van der Waals surface area contributed by atoms with Gasteiger partial charge in [0, 0.05) is 6.54 Å². The van der Waals surface area contributed by atoms with E-state index in [1.165, 1.54) is 11.1 Å². The van der Waals surface area contributed by atoms with Gasteiger partial charge in [0.1, 0.15) is 0 Å². The average molecular weight is 195 g/mol. The molecule has 0 aliphatic carbocycles. The molecule has 13 heavy (non-hydrogen) atoms. The summed E-state index contributed by atoms with van der Waals surface area (Å²) < 4.78 is 0. The fourth-order valence-electron chi connectivity index (χ4n) is 1.19. The van der Waals surface area contributed by atoms with Gasteiger partial charge in [0.2, 0.25) is 0 Å². The molecule has 0 radical (unpaired) electrons. The number of hydrogen-bond donors (Lipinski definition) is 2. The Balaban J connectivity index is 2.45. The third-order valence-corrected chi connectivity index (χ3v) is 2.09. The summed E-state index contributed by atoms with van der Waals surface area (Å²) in [5.74, 6) is 0. The SMILES string of the molecule is Cc1ccccc1CCNC(=O)S. The Kier molecular flexibility index (Phi) is 3.83. The topological polar surface area (TPSA) is 29.1 Å². The second-order valence-corrected chi connectivity index (χ2v) is 3.31. The molecule has 1 amide bonds. The maximum absolute atomic E-state index is 10.5. The van der Waals surface area contributed by atoms with Gasteiger partial charge in [0.05, 0.1) is 0 Å². The summed E-state index contributed by atoms with van der Waals surface area (Å²) in [6, 6.07) is 8.15. The van der Waals surface area contributed by atoms with Gasteiger partial charge in [-0.2, -0.15) is 0 Å². The Morgan fingerprint density at radius 2 is 2.15 bits per heavy atom. The first-order valence-corrected chi connectivity index (χ1v) is 4.66. The molecule has 0 aromatic heterocycles. The number of rotatable bonds is 3. The summed E-state index contributed by atoms with van der Waals surface area (Å²) in [6.07, 6.45) is 0.860. The van der Waals surface area contributed by atoms with Gasteiger partial charge in [-0.05, 0) is 24.5 Å². The summed E-state index contributed by atoms with van der Waals surface area (Å²) in [6.45, 7) is 2.71. The Morgan fingerprint density at radius 1 is 1.46 bits per heavy atom. The minimum absolute atomic E-state index is 0.270. The van der Waals surface area contributed by atoms with Gasteiger partial charge >= 0.3 is 0 Å². The second-order valence-electron chi connectivity index (χ2n) is 2.91. The summed E-state index contributed by atoms with van der Waals surface area (Å²) >= 11 is 3.62. The fraction of sp³-hybridized carbons (Fsp3) is 0.300. The number of thiol groups is 1. The van der Waals surface area contributed by atoms with Crippen LogP contribution in [0.2, 0.25) is 0 Å². The van der Waals surface area contributed by atoms with Crippen molar-refractivity contribution in [3.05, 3.63) is 35.4 Å². The van der Waals surface area contributed by atoms with Gasteiger partial charge in [-0.1, -0.05) is 36.9 Å². The van der Waals surface area contributed by atoms with Crippen molar-refractivity contribution in [2.45, 2.75) is 13.3 Å². The predicted molar refractivity (Wildman–Crippen MR) is 57.3 cm³/mol. The lowest BCUT2D eigenvalue weighted by Gasteiger charge is -2.04. The highest BCUT2D eigenvalue weighted by molar-refractivity contribution is 7.96. The number of benzene rings is 1. The van der Waals surface area contributed by atoms with Gasteiger partial charge in [-0.25, -0.2) is 0 Å². The van der Waals surface area contributed by atoms with Gasteiger partial charge in [0.25, 0.3) is 5.24 Å². The van der Waals surface area contributed by atoms with E-state index in [1.54, 1.807) is 0 Å². The molecular formula is C10H13NOS. The molecule has 0 spiro atoms. The minimum Gasteiger partial charge on any atom is -0.347 e. The van der Waals surface area contributed by atoms with Crippen molar-refractivity contribution in [3.8, 4) is 0 Å². The largest absolute Gasteiger partial charge is 0.347 e. The highest BCUT2D eigenvalue weighted by Crippen LogP contribution is 2.06. The highest BCUT2D eigenvalue weighted by atomic mass is 32.1. The van der Waals surface area contributed by atoms with E-state index in [9.17, 15) is 4.79 Å². The summed E-state index contributed by atoms with van der Waals surface area (Å²) in [7, 11) is 0. The lowest BCUT2D eigenvalue weighted by molar-refractivity contribution is 0.261. The lowest BCUT2D eigenvalue weighted by atomic mass is 10.1. The third-order valence-electron chi connectivity index (χ3n) is 1.93. The molecule has 0 aliphatic heterocycles. The Hall–Kier alpha value is -0.960. The van der Waals surface area contributed by atoms with Crippen molar-refractivity contribution >= 4 is 17.9 Å². The van der Waals surface area contributed by atoms with Crippen LogP contribution in [0.15, 0.2) is 24.3 Å². The summed E-state index contributed by atoms with van der Waals surface area (Å²) in [4.78, 5) is 10.5. The molecule has 0 fully saturated rings. The third kappa shape index (κ3) is 3.51. The van der Waals surface area contributed by atoms with Gasteiger partial charge in [-0.15, -0.1) is 0 Å². The Labute approximate surface area is 83.8 Å². The number of nitrogens with one attached hydrogen (secondary N) is 1. The molecule has 0 atom stereocenters. The molecular weight excluding hydrogens is 182 g/mol. The van der Waals surface area contributed by atoms with E-state index in [2.05, 4.69) is 37.0 Å². The van der Waals surface area contributed by atoms with Crippen LogP contribution < -0.4 is 5.32 Å². The number of hydrogen-bond acceptors (Lipinski definition) is 1. The van der Waals surface area contributed by atoms with Gasteiger partial charge < -0.3 is 5.32 Å². The van der Waals surface area contributed by atoms with E-state index in [0.717, 1.165) is 6.42 Å².